The standard InChI is InChI=1S/C34H53NO4/c1-31-8-5-26(37)14-25(31)3-4-28-29(31)6-9-32(2)30(28)7-10-34(32,39)21-35(18-27(38)19-36)20-33-15-22-11-23(16-33)13-24(12-22)17-33/h3-4,22-24,26-27,29-30,36-39H,5-21H2,1-2H3/t22?,23?,24?,26-,27-,29-,30-,31-,32-,33?,34+/m0/s1. The van der Waals surface area contributed by atoms with Gasteiger partial charge in [0.05, 0.1) is 24.4 Å². The predicted octanol–water partition coefficient (Wildman–Crippen LogP) is 4.83. The molecule has 0 aromatic rings. The van der Waals surface area contributed by atoms with Crippen molar-refractivity contribution >= 4 is 0 Å². The quantitative estimate of drug-likeness (QED) is 0.372. The zero-order valence-electron chi connectivity index (χ0n) is 24.5. The summed E-state index contributed by atoms with van der Waals surface area (Å²) in [7, 11) is 0. The summed E-state index contributed by atoms with van der Waals surface area (Å²) in [5, 5.41) is 43.3. The third-order valence-electron chi connectivity index (χ3n) is 13.8. The van der Waals surface area contributed by atoms with Gasteiger partial charge in [0.2, 0.25) is 0 Å². The minimum absolute atomic E-state index is 0.154. The van der Waals surface area contributed by atoms with Gasteiger partial charge < -0.3 is 20.4 Å². The molecule has 4 N–H and O–H groups in total. The van der Waals surface area contributed by atoms with Gasteiger partial charge in [-0.3, -0.25) is 4.90 Å². The topological polar surface area (TPSA) is 84.2 Å². The van der Waals surface area contributed by atoms with E-state index in [0.717, 1.165) is 69.2 Å². The van der Waals surface area contributed by atoms with Crippen molar-refractivity contribution in [3.63, 3.8) is 0 Å². The number of nitrogens with zero attached hydrogens (tertiary/aromatic N) is 1. The molecule has 0 saturated heterocycles. The van der Waals surface area contributed by atoms with Crippen LogP contribution in [-0.4, -0.2) is 69.4 Å². The number of fused-ring (bicyclic) bond motifs is 5. The SMILES string of the molecule is C[C@]12CC[C@H](O)CC1=CC=C1[C@@H]2CC[C@@]2(C)[C@H]1CC[C@@]2(O)CN(C[C@H](O)CO)CC12CC3CC(CC(C3)C1)C2. The minimum Gasteiger partial charge on any atom is -0.394 e. The smallest absolute Gasteiger partial charge is 0.0897 e. The van der Waals surface area contributed by atoms with Crippen molar-refractivity contribution in [3.8, 4) is 0 Å². The largest absolute Gasteiger partial charge is 0.394 e. The van der Waals surface area contributed by atoms with E-state index in [1.165, 1.54) is 44.1 Å². The predicted molar refractivity (Wildman–Crippen MR) is 153 cm³/mol. The Morgan fingerprint density at radius 3 is 2.23 bits per heavy atom. The van der Waals surface area contributed by atoms with E-state index < -0.39 is 11.7 Å². The van der Waals surface area contributed by atoms with Crippen molar-refractivity contribution in [2.45, 2.75) is 115 Å². The van der Waals surface area contributed by atoms with Crippen LogP contribution in [0.1, 0.15) is 97.3 Å². The highest BCUT2D eigenvalue weighted by Crippen LogP contribution is 2.66. The van der Waals surface area contributed by atoms with E-state index in [0.29, 0.717) is 30.3 Å². The third-order valence-corrected chi connectivity index (χ3v) is 13.8. The molecule has 0 aromatic heterocycles. The van der Waals surface area contributed by atoms with Gasteiger partial charge in [-0.25, -0.2) is 0 Å². The second-order valence-electron chi connectivity index (χ2n) is 16.2. The summed E-state index contributed by atoms with van der Waals surface area (Å²) in [4.78, 5) is 2.39. The van der Waals surface area contributed by atoms with Crippen LogP contribution in [0.25, 0.3) is 0 Å². The van der Waals surface area contributed by atoms with Crippen LogP contribution in [0, 0.1) is 45.8 Å². The molecule has 39 heavy (non-hydrogen) atoms. The summed E-state index contributed by atoms with van der Waals surface area (Å²) in [6, 6.07) is 0. The van der Waals surface area contributed by atoms with Crippen LogP contribution < -0.4 is 0 Å². The normalized spacial score (nSPS) is 50.7. The Balaban J connectivity index is 1.14. The molecule has 7 fully saturated rings. The maximum absolute atomic E-state index is 12.6. The lowest BCUT2D eigenvalue weighted by molar-refractivity contribution is -0.124. The van der Waals surface area contributed by atoms with E-state index in [1.807, 2.05) is 0 Å². The Bertz CT molecular complexity index is 1000. The Labute approximate surface area is 235 Å². The fourth-order valence-electron chi connectivity index (χ4n) is 12.2. The van der Waals surface area contributed by atoms with Crippen LogP contribution in [0.3, 0.4) is 0 Å². The summed E-state index contributed by atoms with van der Waals surface area (Å²) in [5.41, 5.74) is 2.53. The molecule has 218 valence electrons. The number of hydrogen-bond donors (Lipinski definition) is 4. The highest BCUT2D eigenvalue weighted by molar-refractivity contribution is 5.39. The lowest BCUT2D eigenvalue weighted by Gasteiger charge is -2.59. The Morgan fingerprint density at radius 2 is 1.56 bits per heavy atom. The van der Waals surface area contributed by atoms with E-state index in [4.69, 9.17) is 0 Å². The van der Waals surface area contributed by atoms with Crippen LogP contribution in [0.5, 0.6) is 0 Å². The zero-order valence-corrected chi connectivity index (χ0v) is 24.5. The molecule has 7 saturated carbocycles. The van der Waals surface area contributed by atoms with Crippen molar-refractivity contribution in [3.05, 3.63) is 23.3 Å². The molecule has 0 unspecified atom stereocenters. The molecule has 0 aromatic carbocycles. The Morgan fingerprint density at radius 1 is 0.897 bits per heavy atom. The zero-order chi connectivity index (χ0) is 27.2. The molecule has 5 nitrogen and oxygen atoms in total. The highest BCUT2D eigenvalue weighted by atomic mass is 16.3. The van der Waals surface area contributed by atoms with Gasteiger partial charge in [0.15, 0.2) is 0 Å². The third kappa shape index (κ3) is 4.27. The van der Waals surface area contributed by atoms with Crippen LogP contribution in [0.2, 0.25) is 0 Å². The number of aliphatic hydroxyl groups is 4. The van der Waals surface area contributed by atoms with Gasteiger partial charge in [-0.15, -0.1) is 0 Å². The van der Waals surface area contributed by atoms with E-state index in [1.54, 1.807) is 5.57 Å². The van der Waals surface area contributed by atoms with Crippen molar-refractivity contribution in [2.24, 2.45) is 45.8 Å². The molecule has 0 spiro atoms. The number of rotatable bonds is 7. The summed E-state index contributed by atoms with van der Waals surface area (Å²) >= 11 is 0. The number of aliphatic hydroxyl groups excluding tert-OH is 3. The molecule has 7 atom stereocenters. The van der Waals surface area contributed by atoms with Gasteiger partial charge in [0.1, 0.15) is 0 Å². The first-order valence-electron chi connectivity index (χ1n) is 16.4. The average molecular weight is 540 g/mol. The van der Waals surface area contributed by atoms with E-state index in [-0.39, 0.29) is 23.5 Å². The Hall–Kier alpha value is -0.720. The summed E-state index contributed by atoms with van der Waals surface area (Å²) < 4.78 is 0. The molecule has 4 bridgehead atoms. The maximum atomic E-state index is 12.6. The molecule has 8 aliphatic carbocycles. The lowest BCUT2D eigenvalue weighted by atomic mass is 9.49. The average Bonchev–Trinajstić information content (AvgIpc) is 3.13. The van der Waals surface area contributed by atoms with Crippen LogP contribution >= 0.6 is 0 Å². The first-order chi connectivity index (χ1) is 18.5. The number of allylic oxidation sites excluding steroid dienone is 3. The fraction of sp³-hybridized carbons (Fsp3) is 0.882. The molecule has 8 rings (SSSR count). The summed E-state index contributed by atoms with van der Waals surface area (Å²) in [5.74, 6) is 3.57. The first-order valence-corrected chi connectivity index (χ1v) is 16.4. The molecule has 5 heteroatoms. The first kappa shape index (κ1) is 27.1. The molecule has 0 radical (unpaired) electrons. The van der Waals surface area contributed by atoms with Gasteiger partial charge in [-0.05, 0) is 124 Å². The van der Waals surface area contributed by atoms with Crippen molar-refractivity contribution in [2.75, 3.05) is 26.2 Å². The fourth-order valence-corrected chi connectivity index (χ4v) is 12.2. The summed E-state index contributed by atoms with van der Waals surface area (Å²) in [6.07, 6.45) is 18.8. The van der Waals surface area contributed by atoms with Gasteiger partial charge in [0, 0.05) is 25.0 Å². The van der Waals surface area contributed by atoms with Crippen LogP contribution in [-0.2, 0) is 0 Å². The minimum atomic E-state index is -0.783. The van der Waals surface area contributed by atoms with Crippen molar-refractivity contribution in [1.29, 1.82) is 0 Å². The van der Waals surface area contributed by atoms with Crippen molar-refractivity contribution in [1.82, 2.24) is 4.90 Å². The molecular weight excluding hydrogens is 486 g/mol. The van der Waals surface area contributed by atoms with E-state index in [2.05, 4.69) is 30.9 Å². The monoisotopic (exact) mass is 539 g/mol. The highest BCUT2D eigenvalue weighted by Gasteiger charge is 2.62. The molecule has 8 aliphatic rings. The summed E-state index contributed by atoms with van der Waals surface area (Å²) in [6.45, 7) is 6.62. The maximum Gasteiger partial charge on any atom is 0.0897 e. The molecule has 0 amide bonds. The van der Waals surface area contributed by atoms with Crippen molar-refractivity contribution < 1.29 is 20.4 Å². The second kappa shape index (κ2) is 9.39. The van der Waals surface area contributed by atoms with Gasteiger partial charge in [-0.1, -0.05) is 37.1 Å². The van der Waals surface area contributed by atoms with E-state index >= 15 is 0 Å². The lowest BCUT2D eigenvalue weighted by Crippen LogP contribution is -2.59. The molecular formula is C34H53NO4. The van der Waals surface area contributed by atoms with Crippen LogP contribution in [0.4, 0.5) is 0 Å². The van der Waals surface area contributed by atoms with Crippen LogP contribution in [0.15, 0.2) is 23.3 Å². The van der Waals surface area contributed by atoms with E-state index in [9.17, 15) is 20.4 Å². The Kier molecular flexibility index (Phi) is 6.53. The van der Waals surface area contributed by atoms with Gasteiger partial charge >= 0.3 is 0 Å². The second-order valence-corrected chi connectivity index (χ2v) is 16.2. The van der Waals surface area contributed by atoms with Gasteiger partial charge in [0.25, 0.3) is 0 Å². The molecule has 0 aliphatic heterocycles. The van der Waals surface area contributed by atoms with Gasteiger partial charge in [-0.2, -0.15) is 0 Å². The molecule has 0 heterocycles. The number of hydrogen-bond acceptors (Lipinski definition) is 5.